The Kier molecular flexibility index (Phi) is 7.28. The van der Waals surface area contributed by atoms with Gasteiger partial charge in [-0.15, -0.1) is 0 Å². The van der Waals surface area contributed by atoms with Crippen LogP contribution in [0.1, 0.15) is 28.4 Å². The van der Waals surface area contributed by atoms with Gasteiger partial charge in [-0.25, -0.2) is 0 Å². The van der Waals surface area contributed by atoms with Gasteiger partial charge in [-0.2, -0.15) is 0 Å². The molecule has 2 aromatic carbocycles. The lowest BCUT2D eigenvalue weighted by Gasteiger charge is -2.33. The normalized spacial score (nSPS) is 17.1. The Balaban J connectivity index is 1.46. The Labute approximate surface area is 166 Å². The summed E-state index contributed by atoms with van der Waals surface area (Å²) < 4.78 is 16.5. The minimum Gasteiger partial charge on any atom is -0.493 e. The van der Waals surface area contributed by atoms with E-state index in [1.165, 1.54) is 12.7 Å². The van der Waals surface area contributed by atoms with Crippen LogP contribution in [0.25, 0.3) is 0 Å². The second kappa shape index (κ2) is 10.1. The lowest BCUT2D eigenvalue weighted by Crippen LogP contribution is -2.39. The number of carbonyl (C=O) groups excluding carboxylic acids is 1. The van der Waals surface area contributed by atoms with Crippen LogP contribution < -0.4 is 14.8 Å². The number of rotatable bonds is 8. The van der Waals surface area contributed by atoms with Crippen LogP contribution in [0.15, 0.2) is 48.5 Å². The van der Waals surface area contributed by atoms with Crippen molar-refractivity contribution in [1.82, 2.24) is 10.2 Å². The monoisotopic (exact) mass is 384 g/mol. The first-order valence-corrected chi connectivity index (χ1v) is 9.61. The molecule has 1 fully saturated rings. The highest BCUT2D eigenvalue weighted by atomic mass is 16.5. The van der Waals surface area contributed by atoms with E-state index in [0.717, 1.165) is 32.7 Å². The van der Waals surface area contributed by atoms with Crippen molar-refractivity contribution in [2.24, 2.45) is 0 Å². The number of benzene rings is 2. The molecule has 0 aliphatic carbocycles. The molecule has 0 spiro atoms. The second-order valence-corrected chi connectivity index (χ2v) is 6.72. The Morgan fingerprint density at radius 3 is 2.71 bits per heavy atom. The molecule has 1 aliphatic heterocycles. The molecule has 1 saturated heterocycles. The zero-order chi connectivity index (χ0) is 19.8. The topological polar surface area (TPSA) is 60.0 Å². The fourth-order valence-electron chi connectivity index (χ4n) is 3.44. The predicted octanol–water partition coefficient (Wildman–Crippen LogP) is 2.90. The van der Waals surface area contributed by atoms with Crippen molar-refractivity contribution in [3.63, 3.8) is 0 Å². The van der Waals surface area contributed by atoms with Crippen LogP contribution in [0.4, 0.5) is 0 Å². The van der Waals surface area contributed by atoms with Gasteiger partial charge in [0.2, 0.25) is 0 Å². The smallest absolute Gasteiger partial charge is 0.255 e. The van der Waals surface area contributed by atoms with E-state index in [0.29, 0.717) is 23.6 Å². The van der Waals surface area contributed by atoms with Crippen molar-refractivity contribution >= 4 is 5.91 Å². The third kappa shape index (κ3) is 5.03. The number of ether oxygens (including phenoxy) is 3. The SMILES string of the molecule is COc1cccc(C(=O)NCCCN2CCO[C@@H](c3ccccc3)C2)c1OC. The molecule has 0 radical (unpaired) electrons. The molecule has 2 aromatic rings. The number of para-hydroxylation sites is 1. The molecular formula is C22H28N2O4. The summed E-state index contributed by atoms with van der Waals surface area (Å²) in [6, 6.07) is 15.6. The third-order valence-electron chi connectivity index (χ3n) is 4.91. The summed E-state index contributed by atoms with van der Waals surface area (Å²) in [5.74, 6) is 0.858. The van der Waals surface area contributed by atoms with Crippen molar-refractivity contribution < 1.29 is 19.0 Å². The number of hydrogen-bond donors (Lipinski definition) is 1. The largest absolute Gasteiger partial charge is 0.493 e. The van der Waals surface area contributed by atoms with Crippen LogP contribution in [-0.2, 0) is 4.74 Å². The number of morpholine rings is 1. The van der Waals surface area contributed by atoms with Crippen LogP contribution in [0.3, 0.4) is 0 Å². The van der Waals surface area contributed by atoms with Crippen LogP contribution in [0.5, 0.6) is 11.5 Å². The molecular weight excluding hydrogens is 356 g/mol. The first-order chi connectivity index (χ1) is 13.7. The van der Waals surface area contributed by atoms with E-state index < -0.39 is 0 Å². The van der Waals surface area contributed by atoms with Crippen molar-refractivity contribution in [1.29, 1.82) is 0 Å². The number of amides is 1. The van der Waals surface area contributed by atoms with Crippen LogP contribution in [-0.4, -0.2) is 57.8 Å². The van der Waals surface area contributed by atoms with E-state index in [4.69, 9.17) is 14.2 Å². The molecule has 6 heteroatoms. The average molecular weight is 384 g/mol. The maximum Gasteiger partial charge on any atom is 0.255 e. The third-order valence-corrected chi connectivity index (χ3v) is 4.91. The number of carbonyl (C=O) groups is 1. The Morgan fingerprint density at radius 1 is 1.14 bits per heavy atom. The maximum absolute atomic E-state index is 12.5. The van der Waals surface area contributed by atoms with E-state index >= 15 is 0 Å². The molecule has 1 N–H and O–H groups in total. The molecule has 0 unspecified atom stereocenters. The van der Waals surface area contributed by atoms with E-state index in [9.17, 15) is 4.79 Å². The molecule has 28 heavy (non-hydrogen) atoms. The lowest BCUT2D eigenvalue weighted by atomic mass is 10.1. The fourth-order valence-corrected chi connectivity index (χ4v) is 3.44. The van der Waals surface area contributed by atoms with Gasteiger partial charge in [0.1, 0.15) is 0 Å². The summed E-state index contributed by atoms with van der Waals surface area (Å²) >= 11 is 0. The molecule has 6 nitrogen and oxygen atoms in total. The molecule has 0 saturated carbocycles. The number of nitrogens with one attached hydrogen (secondary N) is 1. The molecule has 150 valence electrons. The standard InChI is InChI=1S/C22H28N2O4/c1-26-19-11-6-10-18(21(19)27-2)22(25)23-12-7-13-24-14-15-28-20(16-24)17-8-4-3-5-9-17/h3-6,8-11,20H,7,12-16H2,1-2H3,(H,23,25)/t20-/m1/s1. The van der Waals surface area contributed by atoms with Crippen LogP contribution >= 0.6 is 0 Å². The first-order valence-electron chi connectivity index (χ1n) is 9.61. The van der Waals surface area contributed by atoms with Crippen molar-refractivity contribution in [2.45, 2.75) is 12.5 Å². The highest BCUT2D eigenvalue weighted by molar-refractivity contribution is 5.97. The van der Waals surface area contributed by atoms with Crippen molar-refractivity contribution in [2.75, 3.05) is 47.0 Å². The Morgan fingerprint density at radius 2 is 1.96 bits per heavy atom. The van der Waals surface area contributed by atoms with Gasteiger partial charge in [-0.05, 0) is 24.1 Å². The molecule has 1 amide bonds. The van der Waals surface area contributed by atoms with Gasteiger partial charge in [-0.3, -0.25) is 9.69 Å². The highest BCUT2D eigenvalue weighted by Gasteiger charge is 2.21. The predicted molar refractivity (Wildman–Crippen MR) is 108 cm³/mol. The van der Waals surface area contributed by atoms with E-state index in [2.05, 4.69) is 22.3 Å². The van der Waals surface area contributed by atoms with Crippen molar-refractivity contribution in [3.8, 4) is 11.5 Å². The van der Waals surface area contributed by atoms with Gasteiger partial charge < -0.3 is 19.5 Å². The van der Waals surface area contributed by atoms with E-state index in [-0.39, 0.29) is 12.0 Å². The lowest BCUT2D eigenvalue weighted by molar-refractivity contribution is -0.0301. The molecule has 1 atom stereocenters. The average Bonchev–Trinajstić information content (AvgIpc) is 2.76. The molecule has 1 aliphatic rings. The Bertz CT molecular complexity index is 766. The number of methoxy groups -OCH3 is 2. The maximum atomic E-state index is 12.5. The summed E-state index contributed by atoms with van der Waals surface area (Å²) in [7, 11) is 3.10. The minimum absolute atomic E-state index is 0.116. The summed E-state index contributed by atoms with van der Waals surface area (Å²) in [6.45, 7) is 4.05. The second-order valence-electron chi connectivity index (χ2n) is 6.72. The van der Waals surface area contributed by atoms with Crippen LogP contribution in [0, 0.1) is 0 Å². The zero-order valence-corrected chi connectivity index (χ0v) is 16.5. The van der Waals surface area contributed by atoms with E-state index in [1.807, 2.05) is 18.2 Å². The van der Waals surface area contributed by atoms with Gasteiger partial charge in [0.05, 0.1) is 32.5 Å². The molecule has 3 rings (SSSR count). The fraction of sp³-hybridized carbons (Fsp3) is 0.409. The van der Waals surface area contributed by atoms with Gasteiger partial charge >= 0.3 is 0 Å². The van der Waals surface area contributed by atoms with Crippen molar-refractivity contribution in [3.05, 3.63) is 59.7 Å². The van der Waals surface area contributed by atoms with Crippen LogP contribution in [0.2, 0.25) is 0 Å². The van der Waals surface area contributed by atoms with Gasteiger partial charge in [0.25, 0.3) is 5.91 Å². The van der Waals surface area contributed by atoms with Gasteiger partial charge in [-0.1, -0.05) is 36.4 Å². The zero-order valence-electron chi connectivity index (χ0n) is 16.5. The molecule has 0 aromatic heterocycles. The summed E-state index contributed by atoms with van der Waals surface area (Å²) in [4.78, 5) is 14.9. The van der Waals surface area contributed by atoms with Gasteiger partial charge in [0, 0.05) is 26.2 Å². The molecule has 1 heterocycles. The number of hydrogen-bond acceptors (Lipinski definition) is 5. The first kappa shape index (κ1) is 20.2. The Hall–Kier alpha value is -2.57. The van der Waals surface area contributed by atoms with E-state index in [1.54, 1.807) is 25.3 Å². The quantitative estimate of drug-likeness (QED) is 0.709. The van der Waals surface area contributed by atoms with Gasteiger partial charge in [0.15, 0.2) is 11.5 Å². The summed E-state index contributed by atoms with van der Waals surface area (Å²) in [5, 5.41) is 2.98. The minimum atomic E-state index is -0.153. The summed E-state index contributed by atoms with van der Waals surface area (Å²) in [5.41, 5.74) is 1.70. The number of nitrogens with zero attached hydrogens (tertiary/aromatic N) is 1. The molecule has 0 bridgehead atoms. The summed E-state index contributed by atoms with van der Waals surface area (Å²) in [6.07, 6.45) is 0.991. The highest BCUT2D eigenvalue weighted by Crippen LogP contribution is 2.30.